The molecule has 0 aromatic carbocycles. The minimum absolute atomic E-state index is 0.0372. The van der Waals surface area contributed by atoms with E-state index in [9.17, 15) is 9.59 Å². The Bertz CT molecular complexity index is 253. The third-order valence-electron chi connectivity index (χ3n) is 3.07. The largest absolute Gasteiger partial charge is 0.353 e. The topological polar surface area (TPSA) is 49.4 Å². The fourth-order valence-electron chi connectivity index (χ4n) is 1.59. The Labute approximate surface area is 91.0 Å². The summed E-state index contributed by atoms with van der Waals surface area (Å²) in [6, 6.07) is 0.0372. The van der Waals surface area contributed by atoms with Crippen molar-refractivity contribution < 1.29 is 9.59 Å². The highest BCUT2D eigenvalue weighted by atomic mass is 16.2. The predicted octanol–water partition coefficient (Wildman–Crippen LogP) is 0.770. The maximum absolute atomic E-state index is 11.6. The Hall–Kier alpha value is -1.06. The highest BCUT2D eigenvalue weighted by Gasteiger charge is 2.25. The molecule has 1 rings (SSSR count). The van der Waals surface area contributed by atoms with Crippen LogP contribution in [0.2, 0.25) is 0 Å². The zero-order valence-corrected chi connectivity index (χ0v) is 9.75. The first-order chi connectivity index (χ1) is 7.04. The van der Waals surface area contributed by atoms with Crippen molar-refractivity contribution in [1.82, 2.24) is 10.2 Å². The second-order valence-electron chi connectivity index (χ2n) is 4.32. The molecule has 1 N–H and O–H groups in total. The standard InChI is InChI=1S/C11H20N2O2/c1-4-8(2)11(15)12-9-5-6-13(3)10(14)7-9/h8-9H,4-7H2,1-3H3,(H,12,15). The molecule has 4 nitrogen and oxygen atoms in total. The predicted molar refractivity (Wildman–Crippen MR) is 58.3 cm³/mol. The molecule has 2 unspecified atom stereocenters. The molecule has 0 spiro atoms. The Morgan fingerprint density at radius 2 is 2.33 bits per heavy atom. The lowest BCUT2D eigenvalue weighted by Crippen LogP contribution is -2.47. The van der Waals surface area contributed by atoms with Gasteiger partial charge in [-0.05, 0) is 12.8 Å². The lowest BCUT2D eigenvalue weighted by Gasteiger charge is -2.29. The number of rotatable bonds is 3. The molecule has 86 valence electrons. The molecule has 0 saturated carbocycles. The molecule has 1 heterocycles. The normalized spacial score (nSPS) is 23.8. The Morgan fingerprint density at radius 3 is 2.87 bits per heavy atom. The van der Waals surface area contributed by atoms with Crippen LogP contribution in [-0.2, 0) is 9.59 Å². The molecule has 0 radical (unpaired) electrons. The zero-order valence-electron chi connectivity index (χ0n) is 9.75. The first-order valence-electron chi connectivity index (χ1n) is 5.59. The molecule has 0 aromatic heterocycles. The van der Waals surface area contributed by atoms with Gasteiger partial charge in [-0.15, -0.1) is 0 Å². The van der Waals surface area contributed by atoms with E-state index < -0.39 is 0 Å². The monoisotopic (exact) mass is 212 g/mol. The average molecular weight is 212 g/mol. The molecule has 0 bridgehead atoms. The van der Waals surface area contributed by atoms with E-state index in [1.54, 1.807) is 11.9 Å². The van der Waals surface area contributed by atoms with Crippen LogP contribution in [0.4, 0.5) is 0 Å². The van der Waals surface area contributed by atoms with Crippen LogP contribution in [0.25, 0.3) is 0 Å². The van der Waals surface area contributed by atoms with Crippen molar-refractivity contribution in [3.8, 4) is 0 Å². The van der Waals surface area contributed by atoms with E-state index in [2.05, 4.69) is 5.32 Å². The first-order valence-corrected chi connectivity index (χ1v) is 5.59. The molecule has 0 aliphatic carbocycles. The van der Waals surface area contributed by atoms with Crippen molar-refractivity contribution in [2.75, 3.05) is 13.6 Å². The van der Waals surface area contributed by atoms with Gasteiger partial charge in [0, 0.05) is 32.0 Å². The van der Waals surface area contributed by atoms with Crippen LogP contribution >= 0.6 is 0 Å². The third kappa shape index (κ3) is 3.22. The van der Waals surface area contributed by atoms with E-state index in [0.29, 0.717) is 6.42 Å². The number of carbonyl (C=O) groups excluding carboxylic acids is 2. The lowest BCUT2D eigenvalue weighted by molar-refractivity contribution is -0.133. The van der Waals surface area contributed by atoms with E-state index in [1.807, 2.05) is 13.8 Å². The molecule has 1 fully saturated rings. The summed E-state index contributed by atoms with van der Waals surface area (Å²) in [4.78, 5) is 24.7. The van der Waals surface area contributed by atoms with Crippen LogP contribution < -0.4 is 5.32 Å². The minimum atomic E-state index is 0.0372. The van der Waals surface area contributed by atoms with Crippen molar-refractivity contribution in [2.24, 2.45) is 5.92 Å². The van der Waals surface area contributed by atoms with E-state index in [0.717, 1.165) is 19.4 Å². The Balaban J connectivity index is 2.40. The van der Waals surface area contributed by atoms with E-state index in [1.165, 1.54) is 0 Å². The number of nitrogens with zero attached hydrogens (tertiary/aromatic N) is 1. The van der Waals surface area contributed by atoms with Gasteiger partial charge in [0.25, 0.3) is 0 Å². The molecule has 1 saturated heterocycles. The van der Waals surface area contributed by atoms with Gasteiger partial charge >= 0.3 is 0 Å². The van der Waals surface area contributed by atoms with Crippen molar-refractivity contribution in [1.29, 1.82) is 0 Å². The summed E-state index contributed by atoms with van der Waals surface area (Å²) in [5.74, 6) is 0.232. The minimum Gasteiger partial charge on any atom is -0.353 e. The molecular formula is C11H20N2O2. The second-order valence-corrected chi connectivity index (χ2v) is 4.32. The zero-order chi connectivity index (χ0) is 11.4. The highest BCUT2D eigenvalue weighted by molar-refractivity contribution is 5.81. The van der Waals surface area contributed by atoms with Crippen molar-refractivity contribution in [2.45, 2.75) is 39.2 Å². The van der Waals surface area contributed by atoms with E-state index >= 15 is 0 Å². The molecule has 4 heteroatoms. The quantitative estimate of drug-likeness (QED) is 0.751. The fourth-order valence-corrected chi connectivity index (χ4v) is 1.59. The molecule has 2 amide bonds. The van der Waals surface area contributed by atoms with Crippen LogP contribution in [0.1, 0.15) is 33.1 Å². The SMILES string of the molecule is CCC(C)C(=O)NC1CCN(C)C(=O)C1. The number of likely N-dealkylation sites (tertiary alicyclic amines) is 1. The van der Waals surface area contributed by atoms with Gasteiger partial charge in [0.1, 0.15) is 0 Å². The third-order valence-corrected chi connectivity index (χ3v) is 3.07. The van der Waals surface area contributed by atoms with Crippen LogP contribution in [0, 0.1) is 5.92 Å². The summed E-state index contributed by atoms with van der Waals surface area (Å²) in [6.07, 6.45) is 2.15. The summed E-state index contributed by atoms with van der Waals surface area (Å²) < 4.78 is 0. The molecule has 15 heavy (non-hydrogen) atoms. The van der Waals surface area contributed by atoms with Gasteiger partial charge in [0.15, 0.2) is 0 Å². The number of piperidine rings is 1. The number of carbonyl (C=O) groups is 2. The van der Waals surface area contributed by atoms with Gasteiger partial charge in [-0.2, -0.15) is 0 Å². The fraction of sp³-hybridized carbons (Fsp3) is 0.818. The summed E-state index contributed by atoms with van der Waals surface area (Å²) >= 11 is 0. The van der Waals surface area contributed by atoms with Crippen LogP contribution in [0.3, 0.4) is 0 Å². The molecule has 2 atom stereocenters. The van der Waals surface area contributed by atoms with Gasteiger partial charge < -0.3 is 10.2 Å². The average Bonchev–Trinajstić information content (AvgIpc) is 2.22. The first kappa shape index (κ1) is 12.0. The van der Waals surface area contributed by atoms with Crippen LogP contribution in [0.5, 0.6) is 0 Å². The van der Waals surface area contributed by atoms with Gasteiger partial charge in [0.2, 0.25) is 11.8 Å². The molecule has 1 aliphatic rings. The van der Waals surface area contributed by atoms with Crippen molar-refractivity contribution in [3.63, 3.8) is 0 Å². The number of nitrogens with one attached hydrogen (secondary N) is 1. The molecule has 1 aliphatic heterocycles. The molecule has 0 aromatic rings. The van der Waals surface area contributed by atoms with Crippen LogP contribution in [0.15, 0.2) is 0 Å². The summed E-state index contributed by atoms with van der Waals surface area (Å²) in [5, 5.41) is 2.93. The number of hydrogen-bond acceptors (Lipinski definition) is 2. The maximum Gasteiger partial charge on any atom is 0.224 e. The van der Waals surface area contributed by atoms with Gasteiger partial charge in [-0.3, -0.25) is 9.59 Å². The second kappa shape index (κ2) is 5.14. The van der Waals surface area contributed by atoms with Crippen LogP contribution in [-0.4, -0.2) is 36.3 Å². The lowest BCUT2D eigenvalue weighted by atomic mass is 10.0. The summed E-state index contributed by atoms with van der Waals surface area (Å²) in [5.41, 5.74) is 0. The van der Waals surface area contributed by atoms with E-state index in [-0.39, 0.29) is 23.8 Å². The van der Waals surface area contributed by atoms with E-state index in [4.69, 9.17) is 0 Å². The summed E-state index contributed by atoms with van der Waals surface area (Å²) in [6.45, 7) is 4.64. The Kier molecular flexibility index (Phi) is 4.12. The number of hydrogen-bond donors (Lipinski definition) is 1. The number of amides is 2. The Morgan fingerprint density at radius 1 is 1.67 bits per heavy atom. The van der Waals surface area contributed by atoms with Crippen molar-refractivity contribution in [3.05, 3.63) is 0 Å². The smallest absolute Gasteiger partial charge is 0.224 e. The van der Waals surface area contributed by atoms with Gasteiger partial charge in [-0.25, -0.2) is 0 Å². The highest BCUT2D eigenvalue weighted by Crippen LogP contribution is 2.11. The van der Waals surface area contributed by atoms with Gasteiger partial charge in [-0.1, -0.05) is 13.8 Å². The van der Waals surface area contributed by atoms with Gasteiger partial charge in [0.05, 0.1) is 0 Å². The maximum atomic E-state index is 11.6. The van der Waals surface area contributed by atoms with Crippen molar-refractivity contribution >= 4 is 11.8 Å². The molecular weight excluding hydrogens is 192 g/mol. The summed E-state index contributed by atoms with van der Waals surface area (Å²) in [7, 11) is 1.80.